The third-order valence-electron chi connectivity index (χ3n) is 1.45. The molecule has 0 aromatic heterocycles. The van der Waals surface area contributed by atoms with Crippen LogP contribution >= 0.6 is 15.9 Å². The van der Waals surface area contributed by atoms with Gasteiger partial charge < -0.3 is 5.32 Å². The van der Waals surface area contributed by atoms with Gasteiger partial charge in [-0.25, -0.2) is 0 Å². The largest absolute Gasteiger partial charge is 0.412 e. The van der Waals surface area contributed by atoms with Gasteiger partial charge in [0.05, 0.1) is 10.2 Å². The van der Waals surface area contributed by atoms with Crippen molar-refractivity contribution in [3.8, 4) is 6.07 Å². The van der Waals surface area contributed by atoms with Crippen LogP contribution in [0.1, 0.15) is 13.8 Å². The van der Waals surface area contributed by atoms with Gasteiger partial charge in [0.2, 0.25) is 0 Å². The van der Waals surface area contributed by atoms with E-state index in [0.717, 1.165) is 12.2 Å². The molecule has 0 spiro atoms. The second-order valence-corrected chi connectivity index (χ2v) is 3.16. The molecule has 0 saturated carbocycles. The Morgan fingerprint density at radius 1 is 1.47 bits per heavy atom. The van der Waals surface area contributed by atoms with Gasteiger partial charge in [-0.15, -0.1) is 0 Å². The molecule has 0 amide bonds. The van der Waals surface area contributed by atoms with Crippen molar-refractivity contribution in [1.82, 2.24) is 5.32 Å². The van der Waals surface area contributed by atoms with Crippen molar-refractivity contribution in [3.63, 3.8) is 0 Å². The predicted molar refractivity (Wildman–Crippen MR) is 55.0 cm³/mol. The fraction of sp³-hybridized carbons (Fsp3) is 0.444. The summed E-state index contributed by atoms with van der Waals surface area (Å²) in [6, 6.07) is 0.0186. The molecular weight excluding hydrogens is 273 g/mol. The second-order valence-electron chi connectivity index (χ2n) is 2.36. The number of alkyl halides is 3. The molecule has 0 aliphatic carbocycles. The van der Waals surface area contributed by atoms with Crippen LogP contribution in [0.4, 0.5) is 13.2 Å². The van der Waals surface area contributed by atoms with Crippen LogP contribution in [0.2, 0.25) is 0 Å². The van der Waals surface area contributed by atoms with E-state index in [1.165, 1.54) is 0 Å². The number of allylic oxidation sites excluding steroid dienone is 2. The summed E-state index contributed by atoms with van der Waals surface area (Å²) in [6.07, 6.45) is -2.29. The molecule has 2 nitrogen and oxygen atoms in total. The highest BCUT2D eigenvalue weighted by Gasteiger charge is 2.39. The Kier molecular flexibility index (Phi) is 5.44. The molecule has 0 saturated heterocycles. The molecule has 1 unspecified atom stereocenters. The van der Waals surface area contributed by atoms with E-state index < -0.39 is 12.2 Å². The molecule has 0 bridgehead atoms. The number of rotatable bonds is 0. The first-order valence-electron chi connectivity index (χ1n) is 4.26. The molecule has 1 atom stereocenters. The zero-order valence-corrected chi connectivity index (χ0v) is 9.78. The van der Waals surface area contributed by atoms with Crippen LogP contribution < -0.4 is 5.32 Å². The topological polar surface area (TPSA) is 35.8 Å². The summed E-state index contributed by atoms with van der Waals surface area (Å²) >= 11 is 2.84. The highest BCUT2D eigenvalue weighted by Crippen LogP contribution is 2.26. The van der Waals surface area contributed by atoms with Gasteiger partial charge in [0.15, 0.2) is 0 Å². The zero-order chi connectivity index (χ0) is 12.1. The van der Waals surface area contributed by atoms with Crippen LogP contribution in [-0.4, -0.2) is 12.2 Å². The Labute approximate surface area is 94.6 Å². The standard InChI is InChI=1S/C7H4BrF3N2.C2H6/c8-6-4(3-12)1-2-5(13-6)7(9,10)11;1-2/h1-2,5,13H;1-2H3. The molecular formula is C9H10BrF3N2. The Bertz CT molecular complexity index is 312. The van der Waals surface area contributed by atoms with Crippen molar-refractivity contribution in [1.29, 1.82) is 5.26 Å². The lowest BCUT2D eigenvalue weighted by Gasteiger charge is -2.22. The first kappa shape index (κ1) is 14.0. The maximum Gasteiger partial charge on any atom is 0.412 e. The zero-order valence-electron chi connectivity index (χ0n) is 8.19. The average molecular weight is 283 g/mol. The summed E-state index contributed by atoms with van der Waals surface area (Å²) in [7, 11) is 0. The fourth-order valence-corrected chi connectivity index (χ4v) is 1.27. The van der Waals surface area contributed by atoms with E-state index in [9.17, 15) is 13.2 Å². The van der Waals surface area contributed by atoms with Crippen molar-refractivity contribution in [2.24, 2.45) is 0 Å². The number of hydrogen-bond donors (Lipinski definition) is 1. The van der Waals surface area contributed by atoms with Gasteiger partial charge in [0, 0.05) is 0 Å². The Hall–Kier alpha value is -0.960. The average Bonchev–Trinajstić information content (AvgIpc) is 2.19. The number of dihydropyridines is 1. The van der Waals surface area contributed by atoms with Gasteiger partial charge in [-0.1, -0.05) is 19.9 Å². The molecule has 0 fully saturated rings. The number of nitrogens with zero attached hydrogens (tertiary/aromatic N) is 1. The van der Waals surface area contributed by atoms with E-state index in [0.29, 0.717) is 0 Å². The highest BCUT2D eigenvalue weighted by atomic mass is 79.9. The number of nitrogens with one attached hydrogen (secondary N) is 1. The van der Waals surface area contributed by atoms with Gasteiger partial charge in [-0.05, 0) is 22.0 Å². The predicted octanol–water partition coefficient (Wildman–Crippen LogP) is 3.23. The first-order valence-corrected chi connectivity index (χ1v) is 5.06. The minimum absolute atomic E-state index is 0.0693. The number of halogens is 4. The van der Waals surface area contributed by atoms with Gasteiger partial charge in [-0.3, -0.25) is 0 Å². The molecule has 1 rings (SSSR count). The normalized spacial score (nSPS) is 19.9. The van der Waals surface area contributed by atoms with Crippen LogP contribution in [0.15, 0.2) is 22.3 Å². The molecule has 0 aromatic rings. The van der Waals surface area contributed by atoms with Crippen molar-refractivity contribution >= 4 is 15.9 Å². The summed E-state index contributed by atoms with van der Waals surface area (Å²) in [6.45, 7) is 4.00. The fourth-order valence-electron chi connectivity index (χ4n) is 0.805. The van der Waals surface area contributed by atoms with E-state index in [2.05, 4.69) is 21.2 Å². The highest BCUT2D eigenvalue weighted by molar-refractivity contribution is 9.11. The van der Waals surface area contributed by atoms with Crippen molar-refractivity contribution in [2.45, 2.75) is 26.1 Å². The van der Waals surface area contributed by atoms with E-state index in [1.807, 2.05) is 13.8 Å². The molecule has 1 aliphatic heterocycles. The molecule has 1 heterocycles. The van der Waals surface area contributed by atoms with E-state index in [-0.39, 0.29) is 10.2 Å². The van der Waals surface area contributed by atoms with Gasteiger partial charge in [0.25, 0.3) is 0 Å². The Morgan fingerprint density at radius 3 is 2.33 bits per heavy atom. The van der Waals surface area contributed by atoms with Crippen molar-refractivity contribution in [2.75, 3.05) is 0 Å². The van der Waals surface area contributed by atoms with Crippen LogP contribution in [0.3, 0.4) is 0 Å². The number of nitriles is 1. The SMILES string of the molecule is CC.N#CC1=C(Br)NC(C(F)(F)F)C=C1. The molecule has 0 aromatic carbocycles. The van der Waals surface area contributed by atoms with E-state index in [4.69, 9.17) is 5.26 Å². The minimum Gasteiger partial charge on any atom is -0.364 e. The first-order chi connectivity index (χ1) is 6.95. The van der Waals surface area contributed by atoms with Crippen LogP contribution in [-0.2, 0) is 0 Å². The lowest BCUT2D eigenvalue weighted by atomic mass is 10.1. The van der Waals surface area contributed by atoms with Crippen molar-refractivity contribution < 1.29 is 13.2 Å². The van der Waals surface area contributed by atoms with Crippen molar-refractivity contribution in [3.05, 3.63) is 22.3 Å². The Morgan fingerprint density at radius 2 is 2.00 bits per heavy atom. The summed E-state index contributed by atoms with van der Waals surface area (Å²) in [5, 5.41) is 10.6. The summed E-state index contributed by atoms with van der Waals surface area (Å²) in [5.41, 5.74) is 0.153. The van der Waals surface area contributed by atoms with Crippen LogP contribution in [0.5, 0.6) is 0 Å². The lowest BCUT2D eigenvalue weighted by molar-refractivity contribution is -0.142. The van der Waals surface area contributed by atoms with E-state index >= 15 is 0 Å². The Balaban J connectivity index is 0.000000921. The maximum atomic E-state index is 12.1. The van der Waals surface area contributed by atoms with Gasteiger partial charge in [-0.2, -0.15) is 18.4 Å². The quantitative estimate of drug-likeness (QED) is 0.693. The molecule has 0 radical (unpaired) electrons. The minimum atomic E-state index is -4.34. The molecule has 15 heavy (non-hydrogen) atoms. The number of hydrogen-bond acceptors (Lipinski definition) is 2. The maximum absolute atomic E-state index is 12.1. The third kappa shape index (κ3) is 3.96. The summed E-state index contributed by atoms with van der Waals surface area (Å²) < 4.78 is 36.4. The molecule has 1 aliphatic rings. The monoisotopic (exact) mass is 282 g/mol. The van der Waals surface area contributed by atoms with Gasteiger partial charge >= 0.3 is 6.18 Å². The molecule has 6 heteroatoms. The van der Waals surface area contributed by atoms with Crippen LogP contribution in [0, 0.1) is 11.3 Å². The molecule has 84 valence electrons. The van der Waals surface area contributed by atoms with Crippen LogP contribution in [0.25, 0.3) is 0 Å². The third-order valence-corrected chi connectivity index (χ3v) is 2.10. The summed E-state index contributed by atoms with van der Waals surface area (Å²) in [5.74, 6) is 0. The van der Waals surface area contributed by atoms with E-state index in [1.54, 1.807) is 6.07 Å². The summed E-state index contributed by atoms with van der Waals surface area (Å²) in [4.78, 5) is 0. The molecule has 1 N–H and O–H groups in total. The second kappa shape index (κ2) is 5.81. The lowest BCUT2D eigenvalue weighted by Crippen LogP contribution is -2.40. The smallest absolute Gasteiger partial charge is 0.364 e. The van der Waals surface area contributed by atoms with Gasteiger partial charge in [0.1, 0.15) is 12.1 Å².